The Kier molecular flexibility index (Phi) is 5.00. The summed E-state index contributed by atoms with van der Waals surface area (Å²) < 4.78 is 10.6. The second kappa shape index (κ2) is 7.19. The van der Waals surface area contributed by atoms with Crippen LogP contribution >= 0.6 is 0 Å². The van der Waals surface area contributed by atoms with Crippen molar-refractivity contribution in [2.24, 2.45) is 0 Å². The molecule has 2 aromatic carbocycles. The van der Waals surface area contributed by atoms with Crippen molar-refractivity contribution in [3.05, 3.63) is 60.2 Å². The fraction of sp³-hybridized carbons (Fsp3) is 0.188. The number of hydrogen-bond acceptors (Lipinski definition) is 3. The second-order valence-corrected chi connectivity index (χ2v) is 4.29. The van der Waals surface area contributed by atoms with Crippen LogP contribution in [-0.4, -0.2) is 19.2 Å². The van der Waals surface area contributed by atoms with Gasteiger partial charge in [-0.25, -0.2) is 4.79 Å². The summed E-state index contributed by atoms with van der Waals surface area (Å²) in [5, 5.41) is 2.63. The number of amides is 1. The van der Waals surface area contributed by atoms with E-state index < -0.39 is 6.09 Å². The number of nitrogens with one attached hydrogen (secondary N) is 1. The van der Waals surface area contributed by atoms with Gasteiger partial charge >= 0.3 is 6.09 Å². The molecule has 0 atom stereocenters. The van der Waals surface area contributed by atoms with Crippen LogP contribution in [0, 0.1) is 6.92 Å². The molecule has 0 saturated carbocycles. The maximum atomic E-state index is 11.5. The van der Waals surface area contributed by atoms with E-state index in [0.717, 1.165) is 11.3 Å². The standard InChI is InChI=1S/C16H17NO3/c1-13-6-5-9-15(12-13)19-11-10-17-16(18)20-14-7-3-2-4-8-14/h2-9,12H,10-11H2,1H3,(H,17,18). The zero-order valence-electron chi connectivity index (χ0n) is 11.3. The zero-order chi connectivity index (χ0) is 14.2. The van der Waals surface area contributed by atoms with E-state index in [-0.39, 0.29) is 0 Å². The average Bonchev–Trinajstić information content (AvgIpc) is 2.45. The molecule has 0 heterocycles. The minimum atomic E-state index is -0.482. The van der Waals surface area contributed by atoms with Gasteiger partial charge in [-0.15, -0.1) is 0 Å². The molecule has 0 saturated heterocycles. The Balaban J connectivity index is 1.67. The molecule has 20 heavy (non-hydrogen) atoms. The number of ether oxygens (including phenoxy) is 2. The van der Waals surface area contributed by atoms with Gasteiger partial charge in [-0.1, -0.05) is 30.3 Å². The third-order valence-corrected chi connectivity index (χ3v) is 2.58. The minimum absolute atomic E-state index is 0.389. The predicted octanol–water partition coefficient (Wildman–Crippen LogP) is 3.16. The first-order valence-electron chi connectivity index (χ1n) is 6.44. The molecular weight excluding hydrogens is 254 g/mol. The van der Waals surface area contributed by atoms with Crippen LogP contribution in [0.25, 0.3) is 0 Å². The highest BCUT2D eigenvalue weighted by atomic mass is 16.6. The Labute approximate surface area is 118 Å². The van der Waals surface area contributed by atoms with Crippen LogP contribution in [0.5, 0.6) is 11.5 Å². The van der Waals surface area contributed by atoms with Gasteiger partial charge < -0.3 is 14.8 Å². The van der Waals surface area contributed by atoms with E-state index in [9.17, 15) is 4.79 Å². The van der Waals surface area contributed by atoms with Gasteiger partial charge in [0.2, 0.25) is 0 Å². The normalized spacial score (nSPS) is 9.85. The molecular formula is C16H17NO3. The lowest BCUT2D eigenvalue weighted by Crippen LogP contribution is -2.30. The van der Waals surface area contributed by atoms with E-state index in [1.54, 1.807) is 12.1 Å². The third kappa shape index (κ3) is 4.65. The summed E-state index contributed by atoms with van der Waals surface area (Å²) in [4.78, 5) is 11.5. The van der Waals surface area contributed by atoms with Crippen LogP contribution < -0.4 is 14.8 Å². The monoisotopic (exact) mass is 271 g/mol. The van der Waals surface area contributed by atoms with Crippen molar-refractivity contribution in [3.63, 3.8) is 0 Å². The Morgan fingerprint density at radius 2 is 1.80 bits per heavy atom. The molecule has 1 N–H and O–H groups in total. The van der Waals surface area contributed by atoms with Crippen LogP contribution in [0.4, 0.5) is 4.79 Å². The summed E-state index contributed by atoms with van der Waals surface area (Å²) in [6.45, 7) is 2.79. The molecule has 1 amide bonds. The first kappa shape index (κ1) is 13.9. The number of carbonyl (C=O) groups excluding carboxylic acids is 1. The zero-order valence-corrected chi connectivity index (χ0v) is 11.3. The van der Waals surface area contributed by atoms with E-state index in [2.05, 4.69) is 5.32 Å². The van der Waals surface area contributed by atoms with Crippen molar-refractivity contribution in [2.45, 2.75) is 6.92 Å². The van der Waals surface area contributed by atoms with Crippen LogP contribution in [0.15, 0.2) is 54.6 Å². The van der Waals surface area contributed by atoms with Gasteiger partial charge in [0, 0.05) is 0 Å². The minimum Gasteiger partial charge on any atom is -0.492 e. The smallest absolute Gasteiger partial charge is 0.412 e. The summed E-state index contributed by atoms with van der Waals surface area (Å²) in [5.41, 5.74) is 1.14. The molecule has 0 unspecified atom stereocenters. The maximum Gasteiger partial charge on any atom is 0.412 e. The number of para-hydroxylation sites is 1. The molecule has 0 aliphatic heterocycles. The van der Waals surface area contributed by atoms with Gasteiger partial charge in [-0.05, 0) is 36.8 Å². The van der Waals surface area contributed by atoms with Crippen molar-refractivity contribution in [3.8, 4) is 11.5 Å². The summed E-state index contributed by atoms with van der Waals surface area (Å²) >= 11 is 0. The molecule has 0 aliphatic rings. The second-order valence-electron chi connectivity index (χ2n) is 4.29. The molecule has 0 spiro atoms. The first-order valence-corrected chi connectivity index (χ1v) is 6.44. The number of hydrogen-bond donors (Lipinski definition) is 1. The topological polar surface area (TPSA) is 47.6 Å². The van der Waals surface area contributed by atoms with Gasteiger partial charge in [0.05, 0.1) is 6.54 Å². The van der Waals surface area contributed by atoms with Gasteiger partial charge in [0.15, 0.2) is 0 Å². The Morgan fingerprint density at radius 1 is 1.05 bits per heavy atom. The van der Waals surface area contributed by atoms with Crippen molar-refractivity contribution in [1.82, 2.24) is 5.32 Å². The lowest BCUT2D eigenvalue weighted by Gasteiger charge is -2.08. The molecule has 0 bridgehead atoms. The molecule has 0 fully saturated rings. The van der Waals surface area contributed by atoms with Crippen LogP contribution in [0.2, 0.25) is 0 Å². The Morgan fingerprint density at radius 3 is 2.55 bits per heavy atom. The highest BCUT2D eigenvalue weighted by Gasteiger charge is 2.02. The molecule has 0 aromatic heterocycles. The molecule has 2 rings (SSSR count). The highest BCUT2D eigenvalue weighted by molar-refractivity contribution is 5.70. The fourth-order valence-corrected chi connectivity index (χ4v) is 1.66. The molecule has 4 nitrogen and oxygen atoms in total. The van der Waals surface area contributed by atoms with Gasteiger partial charge in [0.25, 0.3) is 0 Å². The lowest BCUT2D eigenvalue weighted by atomic mass is 10.2. The quantitative estimate of drug-likeness (QED) is 0.850. The molecule has 0 aliphatic carbocycles. The van der Waals surface area contributed by atoms with Crippen molar-refractivity contribution in [2.75, 3.05) is 13.2 Å². The van der Waals surface area contributed by atoms with Crippen molar-refractivity contribution >= 4 is 6.09 Å². The Hall–Kier alpha value is -2.49. The fourth-order valence-electron chi connectivity index (χ4n) is 1.66. The van der Waals surface area contributed by atoms with Crippen LogP contribution in [0.3, 0.4) is 0 Å². The average molecular weight is 271 g/mol. The van der Waals surface area contributed by atoms with Gasteiger partial charge in [0.1, 0.15) is 18.1 Å². The van der Waals surface area contributed by atoms with Gasteiger partial charge in [-0.2, -0.15) is 0 Å². The molecule has 104 valence electrons. The van der Waals surface area contributed by atoms with E-state index >= 15 is 0 Å². The van der Waals surface area contributed by atoms with Gasteiger partial charge in [-0.3, -0.25) is 0 Å². The highest BCUT2D eigenvalue weighted by Crippen LogP contribution is 2.11. The van der Waals surface area contributed by atoms with Crippen molar-refractivity contribution < 1.29 is 14.3 Å². The number of rotatable bonds is 5. The first-order chi connectivity index (χ1) is 9.74. The number of aryl methyl sites for hydroxylation is 1. The summed E-state index contributed by atoms with van der Waals surface area (Å²) in [6.07, 6.45) is -0.482. The van der Waals surface area contributed by atoms with E-state index in [0.29, 0.717) is 18.9 Å². The molecule has 0 radical (unpaired) electrons. The van der Waals surface area contributed by atoms with Crippen LogP contribution in [-0.2, 0) is 0 Å². The van der Waals surface area contributed by atoms with E-state index in [1.165, 1.54) is 0 Å². The Bertz CT molecular complexity index is 555. The summed E-state index contributed by atoms with van der Waals surface area (Å²) in [7, 11) is 0. The largest absolute Gasteiger partial charge is 0.492 e. The maximum absolute atomic E-state index is 11.5. The summed E-state index contributed by atoms with van der Waals surface area (Å²) in [6, 6.07) is 16.7. The van der Waals surface area contributed by atoms with Crippen LogP contribution in [0.1, 0.15) is 5.56 Å². The molecule has 2 aromatic rings. The third-order valence-electron chi connectivity index (χ3n) is 2.58. The lowest BCUT2D eigenvalue weighted by molar-refractivity contribution is 0.197. The van der Waals surface area contributed by atoms with E-state index in [4.69, 9.17) is 9.47 Å². The SMILES string of the molecule is Cc1cccc(OCCNC(=O)Oc2ccccc2)c1. The summed E-state index contributed by atoms with van der Waals surface area (Å²) in [5.74, 6) is 1.31. The van der Waals surface area contributed by atoms with E-state index in [1.807, 2.05) is 49.4 Å². The van der Waals surface area contributed by atoms with Crippen molar-refractivity contribution in [1.29, 1.82) is 0 Å². The molecule has 4 heteroatoms. The predicted molar refractivity (Wildman–Crippen MR) is 77.1 cm³/mol. The number of benzene rings is 2. The number of carbonyl (C=O) groups is 1.